The molecule has 1 aliphatic heterocycles. The molecular weight excluding hydrogens is 288 g/mol. The van der Waals surface area contributed by atoms with Gasteiger partial charge in [0.05, 0.1) is 0 Å². The van der Waals surface area contributed by atoms with Gasteiger partial charge in [-0.3, -0.25) is 18.7 Å². The van der Waals surface area contributed by atoms with E-state index in [-0.39, 0.29) is 11.8 Å². The summed E-state index contributed by atoms with van der Waals surface area (Å²) in [6.07, 6.45) is 1.55. The summed E-state index contributed by atoms with van der Waals surface area (Å²) in [5.41, 5.74) is 0.983. The molecule has 0 radical (unpaired) electrons. The van der Waals surface area contributed by atoms with Crippen molar-refractivity contribution in [1.29, 1.82) is 0 Å². The van der Waals surface area contributed by atoms with Gasteiger partial charge < -0.3 is 0 Å². The lowest BCUT2D eigenvalue weighted by Crippen LogP contribution is -2.31. The third kappa shape index (κ3) is 3.95. The molecular formula is C11H12N2O6S. The summed E-state index contributed by atoms with van der Waals surface area (Å²) in [5.74, 6) is -0.184. The second-order valence-electron chi connectivity index (χ2n) is 3.83. The van der Waals surface area contributed by atoms with Crippen molar-refractivity contribution in [3.8, 4) is 0 Å². The Labute approximate surface area is 115 Å². The van der Waals surface area contributed by atoms with Gasteiger partial charge in [-0.15, -0.1) is 0 Å². The van der Waals surface area contributed by atoms with E-state index in [4.69, 9.17) is 17.5 Å². The number of rotatable bonds is 1. The average molecular weight is 300 g/mol. The summed E-state index contributed by atoms with van der Waals surface area (Å²) in [6.45, 7) is 3.30. The highest BCUT2D eigenvalue weighted by Crippen LogP contribution is 2.24. The molecule has 1 aromatic heterocycles. The molecule has 0 aliphatic carbocycles. The van der Waals surface area contributed by atoms with Crippen LogP contribution in [0.15, 0.2) is 35.5 Å². The number of carbonyl (C=O) groups excluding carboxylic acids is 2. The zero-order valence-electron chi connectivity index (χ0n) is 10.6. The average Bonchev–Trinajstić information content (AvgIpc) is 2.53. The Kier molecular flexibility index (Phi) is 4.71. The molecule has 1 aromatic rings. The molecule has 0 saturated heterocycles. The van der Waals surface area contributed by atoms with Crippen LogP contribution >= 0.6 is 0 Å². The Bertz CT molecular complexity index is 633. The predicted molar refractivity (Wildman–Crippen MR) is 69.3 cm³/mol. The van der Waals surface area contributed by atoms with Crippen molar-refractivity contribution < 1.29 is 27.1 Å². The minimum Gasteiger partial charge on any atom is -0.269 e. The second-order valence-corrected chi connectivity index (χ2v) is 4.73. The Morgan fingerprint density at radius 2 is 1.50 bits per heavy atom. The first kappa shape index (κ1) is 16.0. The lowest BCUT2D eigenvalue weighted by Gasteiger charge is -2.12. The van der Waals surface area contributed by atoms with E-state index in [1.165, 1.54) is 0 Å². The SMILES string of the molecule is CC1=C(C)C(=O)N(c2ccccn2)C1=O.O=S(=O)(O)O. The quantitative estimate of drug-likeness (QED) is 0.575. The maximum absolute atomic E-state index is 11.7. The third-order valence-corrected chi connectivity index (χ3v) is 2.49. The Morgan fingerprint density at radius 1 is 1.05 bits per heavy atom. The van der Waals surface area contributed by atoms with Crippen molar-refractivity contribution in [3.05, 3.63) is 35.5 Å². The molecule has 1 aliphatic rings. The molecule has 108 valence electrons. The number of pyridine rings is 1. The summed E-state index contributed by atoms with van der Waals surface area (Å²) < 4.78 is 31.6. The van der Waals surface area contributed by atoms with Crippen molar-refractivity contribution in [1.82, 2.24) is 4.98 Å². The highest BCUT2D eigenvalue weighted by atomic mass is 32.3. The van der Waals surface area contributed by atoms with Crippen LogP contribution in [-0.2, 0) is 20.0 Å². The zero-order valence-corrected chi connectivity index (χ0v) is 11.5. The fraction of sp³-hybridized carbons (Fsp3) is 0.182. The smallest absolute Gasteiger partial charge is 0.269 e. The monoisotopic (exact) mass is 300 g/mol. The van der Waals surface area contributed by atoms with Gasteiger partial charge in [0.25, 0.3) is 11.8 Å². The minimum absolute atomic E-state index is 0.281. The Balaban J connectivity index is 0.000000347. The molecule has 9 heteroatoms. The molecule has 0 spiro atoms. The van der Waals surface area contributed by atoms with E-state index in [0.29, 0.717) is 17.0 Å². The van der Waals surface area contributed by atoms with Crippen molar-refractivity contribution in [2.75, 3.05) is 4.90 Å². The molecule has 0 fully saturated rings. The van der Waals surface area contributed by atoms with E-state index in [1.807, 2.05) is 0 Å². The van der Waals surface area contributed by atoms with Gasteiger partial charge in [0, 0.05) is 17.3 Å². The summed E-state index contributed by atoms with van der Waals surface area (Å²) in [6, 6.07) is 5.12. The van der Waals surface area contributed by atoms with Crippen molar-refractivity contribution >= 4 is 28.0 Å². The summed E-state index contributed by atoms with van der Waals surface area (Å²) in [7, 11) is -4.67. The van der Waals surface area contributed by atoms with Gasteiger partial charge in [0.15, 0.2) is 0 Å². The molecule has 2 N–H and O–H groups in total. The van der Waals surface area contributed by atoms with Gasteiger partial charge in [0.1, 0.15) is 5.82 Å². The molecule has 0 unspecified atom stereocenters. The molecule has 0 bridgehead atoms. The van der Waals surface area contributed by atoms with Gasteiger partial charge in [-0.05, 0) is 26.0 Å². The second kappa shape index (κ2) is 5.90. The third-order valence-electron chi connectivity index (χ3n) is 2.49. The van der Waals surface area contributed by atoms with E-state index in [0.717, 1.165) is 4.90 Å². The van der Waals surface area contributed by atoms with Crippen LogP contribution in [0.5, 0.6) is 0 Å². The Morgan fingerprint density at radius 3 is 1.85 bits per heavy atom. The standard InChI is InChI=1S/C11H10N2O2.H2O4S/c1-7-8(2)11(15)13(10(7)14)9-5-3-4-6-12-9;1-5(2,3)4/h3-6H,1-2H3;(H2,1,2,3,4). The van der Waals surface area contributed by atoms with Crippen LogP contribution in [0.1, 0.15) is 13.8 Å². The van der Waals surface area contributed by atoms with E-state index >= 15 is 0 Å². The largest absolute Gasteiger partial charge is 0.394 e. The van der Waals surface area contributed by atoms with Crippen LogP contribution in [0.25, 0.3) is 0 Å². The van der Waals surface area contributed by atoms with Crippen molar-refractivity contribution in [2.24, 2.45) is 0 Å². The van der Waals surface area contributed by atoms with Crippen LogP contribution < -0.4 is 4.90 Å². The summed E-state index contributed by atoms with van der Waals surface area (Å²) in [4.78, 5) is 28.6. The fourth-order valence-corrected chi connectivity index (χ4v) is 1.44. The maximum Gasteiger partial charge on any atom is 0.394 e. The minimum atomic E-state index is -4.67. The van der Waals surface area contributed by atoms with Crippen LogP contribution in [-0.4, -0.2) is 34.3 Å². The molecule has 2 amide bonds. The van der Waals surface area contributed by atoms with Crippen LogP contribution in [0.3, 0.4) is 0 Å². The van der Waals surface area contributed by atoms with Crippen LogP contribution in [0.4, 0.5) is 5.82 Å². The zero-order chi connectivity index (χ0) is 15.5. The first-order valence-electron chi connectivity index (χ1n) is 5.30. The van der Waals surface area contributed by atoms with E-state index in [1.54, 1.807) is 38.2 Å². The van der Waals surface area contributed by atoms with Crippen molar-refractivity contribution in [3.63, 3.8) is 0 Å². The maximum atomic E-state index is 11.7. The first-order chi connectivity index (χ1) is 9.13. The molecule has 0 atom stereocenters. The van der Waals surface area contributed by atoms with E-state index < -0.39 is 10.4 Å². The lowest BCUT2D eigenvalue weighted by atomic mass is 10.2. The van der Waals surface area contributed by atoms with E-state index in [9.17, 15) is 9.59 Å². The van der Waals surface area contributed by atoms with E-state index in [2.05, 4.69) is 4.98 Å². The number of aromatic nitrogens is 1. The van der Waals surface area contributed by atoms with Crippen molar-refractivity contribution in [2.45, 2.75) is 13.8 Å². The number of hydrogen-bond acceptors (Lipinski definition) is 5. The van der Waals surface area contributed by atoms with Crippen LogP contribution in [0.2, 0.25) is 0 Å². The Hall–Kier alpha value is -2.10. The number of hydrogen-bond donors (Lipinski definition) is 2. The summed E-state index contributed by atoms with van der Waals surface area (Å²) >= 11 is 0. The molecule has 2 heterocycles. The molecule has 2 rings (SSSR count). The highest BCUT2D eigenvalue weighted by molar-refractivity contribution is 7.79. The van der Waals surface area contributed by atoms with Gasteiger partial charge in [0.2, 0.25) is 0 Å². The van der Waals surface area contributed by atoms with Gasteiger partial charge in [-0.1, -0.05) is 6.07 Å². The first-order valence-corrected chi connectivity index (χ1v) is 6.69. The van der Waals surface area contributed by atoms with Gasteiger partial charge in [-0.25, -0.2) is 9.88 Å². The fourth-order valence-electron chi connectivity index (χ4n) is 1.44. The van der Waals surface area contributed by atoms with Gasteiger partial charge >= 0.3 is 10.4 Å². The number of nitrogens with zero attached hydrogens (tertiary/aromatic N) is 2. The molecule has 0 saturated carbocycles. The highest BCUT2D eigenvalue weighted by Gasteiger charge is 2.34. The number of anilines is 1. The van der Waals surface area contributed by atoms with Crippen LogP contribution in [0, 0.1) is 0 Å². The number of imide groups is 1. The molecule has 0 aromatic carbocycles. The van der Waals surface area contributed by atoms with Gasteiger partial charge in [-0.2, -0.15) is 8.42 Å². The summed E-state index contributed by atoms with van der Waals surface area (Å²) in [5, 5.41) is 0. The predicted octanol–water partition coefficient (Wildman–Crippen LogP) is 0.638. The normalized spacial score (nSPS) is 15.3. The number of carbonyl (C=O) groups is 2. The number of amides is 2. The topological polar surface area (TPSA) is 125 Å². The lowest BCUT2D eigenvalue weighted by molar-refractivity contribution is -0.120. The molecule has 8 nitrogen and oxygen atoms in total. The molecule has 20 heavy (non-hydrogen) atoms.